The molecule has 2 aromatic heterocycles. The Bertz CT molecular complexity index is 470. The summed E-state index contributed by atoms with van der Waals surface area (Å²) in [5, 5.41) is 8.66. The quantitative estimate of drug-likeness (QED) is 0.691. The van der Waals surface area contributed by atoms with E-state index < -0.39 is 5.97 Å². The molecule has 0 aliphatic carbocycles. The molecule has 0 fully saturated rings. The largest absolute Gasteiger partial charge is 0.478 e. The van der Waals surface area contributed by atoms with Crippen LogP contribution in [0.5, 0.6) is 0 Å². The zero-order chi connectivity index (χ0) is 9.26. The fourth-order valence-corrected chi connectivity index (χ4v) is 0.983. The van der Waals surface area contributed by atoms with E-state index in [2.05, 4.69) is 15.0 Å². The van der Waals surface area contributed by atoms with Crippen LogP contribution in [0.15, 0.2) is 24.8 Å². The second kappa shape index (κ2) is 2.78. The number of carbonyl (C=O) groups is 1. The molecular formula is C8H5N3O2. The number of hydrogen-bond acceptors (Lipinski definition) is 4. The molecule has 0 saturated carbocycles. The molecule has 2 aromatic rings. The topological polar surface area (TPSA) is 76.0 Å². The Hall–Kier alpha value is -2.04. The third-order valence-electron chi connectivity index (χ3n) is 1.60. The van der Waals surface area contributed by atoms with Crippen molar-refractivity contribution in [2.24, 2.45) is 0 Å². The zero-order valence-corrected chi connectivity index (χ0v) is 6.51. The number of rotatable bonds is 1. The van der Waals surface area contributed by atoms with Crippen LogP contribution < -0.4 is 0 Å². The number of aromatic nitrogens is 3. The molecule has 0 saturated heterocycles. The van der Waals surface area contributed by atoms with Crippen molar-refractivity contribution in [2.75, 3.05) is 0 Å². The van der Waals surface area contributed by atoms with Crippen LogP contribution in [0, 0.1) is 0 Å². The Morgan fingerprint density at radius 2 is 2.08 bits per heavy atom. The lowest BCUT2D eigenvalue weighted by atomic mass is 10.2. The lowest BCUT2D eigenvalue weighted by Crippen LogP contribution is -1.97. The van der Waals surface area contributed by atoms with Gasteiger partial charge in [-0.3, -0.25) is 4.98 Å². The van der Waals surface area contributed by atoms with Gasteiger partial charge in [-0.1, -0.05) is 0 Å². The molecule has 0 atom stereocenters. The highest BCUT2D eigenvalue weighted by Gasteiger charge is 2.04. The maximum Gasteiger partial charge on any atom is 0.337 e. The summed E-state index contributed by atoms with van der Waals surface area (Å²) in [6, 6.07) is 1.46. The summed E-state index contributed by atoms with van der Waals surface area (Å²) in [5.74, 6) is -1.01. The van der Waals surface area contributed by atoms with Crippen molar-refractivity contribution < 1.29 is 9.90 Å². The molecular weight excluding hydrogens is 170 g/mol. The Labute approximate surface area is 73.1 Å². The van der Waals surface area contributed by atoms with E-state index in [9.17, 15) is 4.79 Å². The molecule has 1 N–H and O–H groups in total. The van der Waals surface area contributed by atoms with Gasteiger partial charge in [0.2, 0.25) is 0 Å². The maximum atomic E-state index is 10.6. The average Bonchev–Trinajstić information content (AvgIpc) is 2.17. The van der Waals surface area contributed by atoms with Gasteiger partial charge in [0.05, 0.1) is 17.3 Å². The minimum Gasteiger partial charge on any atom is -0.478 e. The number of nitrogens with zero attached hydrogens (tertiary/aromatic N) is 3. The van der Waals surface area contributed by atoms with Gasteiger partial charge in [-0.25, -0.2) is 14.8 Å². The van der Waals surface area contributed by atoms with Crippen molar-refractivity contribution in [3.63, 3.8) is 0 Å². The molecule has 0 spiro atoms. The summed E-state index contributed by atoms with van der Waals surface area (Å²) in [7, 11) is 0. The van der Waals surface area contributed by atoms with E-state index in [1.165, 1.54) is 24.8 Å². The minimum absolute atomic E-state index is 0.131. The van der Waals surface area contributed by atoms with Gasteiger partial charge < -0.3 is 5.11 Å². The monoisotopic (exact) mass is 175 g/mol. The second-order valence-corrected chi connectivity index (χ2v) is 2.46. The highest BCUT2D eigenvalue weighted by Crippen LogP contribution is 2.08. The Balaban J connectivity index is 2.69. The van der Waals surface area contributed by atoms with Crippen molar-refractivity contribution in [2.45, 2.75) is 0 Å². The van der Waals surface area contributed by atoms with E-state index in [0.717, 1.165) is 0 Å². The summed E-state index contributed by atoms with van der Waals surface area (Å²) >= 11 is 0. The number of fused-ring (bicyclic) bond motifs is 1. The average molecular weight is 175 g/mol. The number of carboxylic acids is 1. The normalized spacial score (nSPS) is 10.2. The van der Waals surface area contributed by atoms with Gasteiger partial charge in [0, 0.05) is 6.20 Å². The van der Waals surface area contributed by atoms with Crippen LogP contribution in [-0.4, -0.2) is 26.0 Å². The van der Waals surface area contributed by atoms with Gasteiger partial charge in [0.1, 0.15) is 11.8 Å². The first-order valence-electron chi connectivity index (χ1n) is 3.56. The van der Waals surface area contributed by atoms with Gasteiger partial charge in [-0.2, -0.15) is 0 Å². The third kappa shape index (κ3) is 1.31. The van der Waals surface area contributed by atoms with Crippen molar-refractivity contribution in [1.82, 2.24) is 15.0 Å². The van der Waals surface area contributed by atoms with E-state index in [0.29, 0.717) is 11.0 Å². The van der Waals surface area contributed by atoms with Gasteiger partial charge in [0.15, 0.2) is 0 Å². The number of aromatic carboxylic acids is 1. The van der Waals surface area contributed by atoms with Crippen molar-refractivity contribution in [1.29, 1.82) is 0 Å². The molecule has 5 nitrogen and oxygen atoms in total. The van der Waals surface area contributed by atoms with Crippen molar-refractivity contribution >= 4 is 17.0 Å². The predicted octanol–water partition coefficient (Wildman–Crippen LogP) is 0.723. The van der Waals surface area contributed by atoms with Gasteiger partial charge in [-0.15, -0.1) is 0 Å². The lowest BCUT2D eigenvalue weighted by Gasteiger charge is -1.95. The highest BCUT2D eigenvalue weighted by atomic mass is 16.4. The van der Waals surface area contributed by atoms with Crippen LogP contribution in [0.4, 0.5) is 0 Å². The third-order valence-corrected chi connectivity index (χ3v) is 1.60. The lowest BCUT2D eigenvalue weighted by molar-refractivity contribution is 0.0696. The number of hydrogen-bond donors (Lipinski definition) is 1. The van der Waals surface area contributed by atoms with Gasteiger partial charge in [-0.05, 0) is 6.07 Å². The van der Waals surface area contributed by atoms with Crippen LogP contribution in [0.25, 0.3) is 11.0 Å². The molecule has 5 heteroatoms. The van der Waals surface area contributed by atoms with E-state index >= 15 is 0 Å². The Kier molecular flexibility index (Phi) is 1.63. The number of carboxylic acid groups (broad SMARTS) is 1. The standard InChI is InChI=1S/C8H5N3O2/c12-8(13)5-1-6-7(10-2-5)3-9-4-11-6/h1-4H,(H,12,13). The van der Waals surface area contributed by atoms with Crippen LogP contribution in [0.1, 0.15) is 10.4 Å². The summed E-state index contributed by atoms with van der Waals surface area (Å²) in [4.78, 5) is 22.1. The molecule has 13 heavy (non-hydrogen) atoms. The zero-order valence-electron chi connectivity index (χ0n) is 6.51. The first-order chi connectivity index (χ1) is 6.27. The SMILES string of the molecule is O=C(O)c1cnc2cncnc2c1. The van der Waals surface area contributed by atoms with E-state index in [4.69, 9.17) is 5.11 Å². The van der Waals surface area contributed by atoms with Gasteiger partial charge >= 0.3 is 5.97 Å². The molecule has 64 valence electrons. The van der Waals surface area contributed by atoms with E-state index in [1.54, 1.807) is 0 Å². The van der Waals surface area contributed by atoms with Crippen molar-refractivity contribution in [3.05, 3.63) is 30.4 Å². The summed E-state index contributed by atoms with van der Waals surface area (Å²) in [5.41, 5.74) is 1.26. The van der Waals surface area contributed by atoms with Crippen molar-refractivity contribution in [3.8, 4) is 0 Å². The highest BCUT2D eigenvalue weighted by molar-refractivity contribution is 5.90. The van der Waals surface area contributed by atoms with E-state index in [1.807, 2.05) is 0 Å². The first-order valence-corrected chi connectivity index (χ1v) is 3.56. The molecule has 0 aromatic carbocycles. The van der Waals surface area contributed by atoms with E-state index in [-0.39, 0.29) is 5.56 Å². The maximum absolute atomic E-state index is 10.6. The predicted molar refractivity (Wildman–Crippen MR) is 44.3 cm³/mol. The second-order valence-electron chi connectivity index (χ2n) is 2.46. The van der Waals surface area contributed by atoms with Crippen LogP contribution in [0.2, 0.25) is 0 Å². The fraction of sp³-hybridized carbons (Fsp3) is 0. The smallest absolute Gasteiger partial charge is 0.337 e. The van der Waals surface area contributed by atoms with Crippen LogP contribution in [-0.2, 0) is 0 Å². The Morgan fingerprint density at radius 1 is 1.23 bits per heavy atom. The molecule has 0 amide bonds. The summed E-state index contributed by atoms with van der Waals surface area (Å²) in [6.07, 6.45) is 4.18. The summed E-state index contributed by atoms with van der Waals surface area (Å²) in [6.45, 7) is 0. The fourth-order valence-electron chi connectivity index (χ4n) is 0.983. The Morgan fingerprint density at radius 3 is 2.85 bits per heavy atom. The van der Waals surface area contributed by atoms with Gasteiger partial charge in [0.25, 0.3) is 0 Å². The molecule has 0 aliphatic rings. The molecule has 0 radical (unpaired) electrons. The molecule has 0 aliphatic heterocycles. The molecule has 0 bridgehead atoms. The van der Waals surface area contributed by atoms with Crippen LogP contribution in [0.3, 0.4) is 0 Å². The molecule has 0 unspecified atom stereocenters. The molecule has 2 heterocycles. The first kappa shape index (κ1) is 7.60. The van der Waals surface area contributed by atoms with Crippen LogP contribution >= 0.6 is 0 Å². The minimum atomic E-state index is -1.01. The summed E-state index contributed by atoms with van der Waals surface area (Å²) < 4.78 is 0. The molecule has 2 rings (SSSR count). The number of pyridine rings is 1.